The normalized spacial score (nSPS) is 14.9. The van der Waals surface area contributed by atoms with Gasteiger partial charge in [0.2, 0.25) is 0 Å². The monoisotopic (exact) mass is 466 g/mol. The molecule has 1 unspecified atom stereocenters. The predicted molar refractivity (Wildman–Crippen MR) is 125 cm³/mol. The van der Waals surface area contributed by atoms with Gasteiger partial charge in [-0.05, 0) is 30.2 Å². The van der Waals surface area contributed by atoms with E-state index in [1.165, 1.54) is 0 Å². The molecular formula is C25H27ClN4O3. The molecule has 1 amide bonds. The topological polar surface area (TPSA) is 86.1 Å². The first-order valence-electron chi connectivity index (χ1n) is 11.1. The number of amides is 1. The minimum Gasteiger partial charge on any atom is -0.373 e. The third kappa shape index (κ3) is 4.99. The third-order valence-electron chi connectivity index (χ3n) is 5.95. The average Bonchev–Trinajstić information content (AvgIpc) is 3.23. The number of nitrogens with one attached hydrogen (secondary N) is 1. The van der Waals surface area contributed by atoms with Crippen molar-refractivity contribution in [1.29, 1.82) is 0 Å². The molecule has 0 saturated carbocycles. The molecule has 0 aliphatic carbocycles. The van der Waals surface area contributed by atoms with Crippen molar-refractivity contribution in [2.24, 2.45) is 0 Å². The molecule has 3 aromatic rings. The molecule has 1 aliphatic heterocycles. The maximum atomic E-state index is 13.3. The lowest BCUT2D eigenvalue weighted by Crippen LogP contribution is -2.30. The molecule has 0 spiro atoms. The van der Waals surface area contributed by atoms with E-state index in [9.17, 15) is 9.59 Å². The second-order valence-electron chi connectivity index (χ2n) is 8.19. The number of halogens is 1. The van der Waals surface area contributed by atoms with Crippen LogP contribution < -0.4 is 5.32 Å². The van der Waals surface area contributed by atoms with E-state index in [1.54, 1.807) is 24.5 Å². The van der Waals surface area contributed by atoms with Crippen molar-refractivity contribution in [3.8, 4) is 0 Å². The van der Waals surface area contributed by atoms with Crippen molar-refractivity contribution < 1.29 is 14.3 Å². The van der Waals surface area contributed by atoms with Crippen LogP contribution in [-0.4, -0.2) is 32.8 Å². The van der Waals surface area contributed by atoms with Gasteiger partial charge in [0.05, 0.1) is 36.2 Å². The number of aromatic nitrogens is 3. The van der Waals surface area contributed by atoms with Crippen molar-refractivity contribution in [3.63, 3.8) is 0 Å². The molecule has 2 atom stereocenters. The number of fused-ring (bicyclic) bond motifs is 1. The Morgan fingerprint density at radius 2 is 1.97 bits per heavy atom. The van der Waals surface area contributed by atoms with E-state index in [0.717, 1.165) is 11.3 Å². The maximum absolute atomic E-state index is 13.3. The number of ketones is 1. The lowest BCUT2D eigenvalue weighted by atomic mass is 10.0. The van der Waals surface area contributed by atoms with Crippen molar-refractivity contribution in [2.75, 3.05) is 6.61 Å². The van der Waals surface area contributed by atoms with E-state index in [2.05, 4.69) is 15.3 Å². The molecule has 3 heterocycles. The van der Waals surface area contributed by atoms with Gasteiger partial charge in [0.15, 0.2) is 5.78 Å². The molecular weight excluding hydrogens is 440 g/mol. The quantitative estimate of drug-likeness (QED) is 0.485. The van der Waals surface area contributed by atoms with E-state index < -0.39 is 0 Å². The van der Waals surface area contributed by atoms with Gasteiger partial charge in [0.1, 0.15) is 5.82 Å². The largest absolute Gasteiger partial charge is 0.373 e. The maximum Gasteiger partial charge on any atom is 0.253 e. The zero-order valence-electron chi connectivity index (χ0n) is 18.8. The Morgan fingerprint density at radius 1 is 1.21 bits per heavy atom. The number of hydrogen-bond donors (Lipinski definition) is 1. The summed E-state index contributed by atoms with van der Waals surface area (Å²) in [6.45, 7) is 5.24. The lowest BCUT2D eigenvalue weighted by molar-refractivity contribution is 0.0781. The van der Waals surface area contributed by atoms with Crippen LogP contribution in [0.2, 0.25) is 5.02 Å². The fourth-order valence-electron chi connectivity index (χ4n) is 4.18. The Hall–Kier alpha value is -3.03. The first-order valence-corrected chi connectivity index (χ1v) is 11.5. The van der Waals surface area contributed by atoms with Gasteiger partial charge in [-0.15, -0.1) is 0 Å². The molecule has 8 heteroatoms. The predicted octanol–water partition coefficient (Wildman–Crippen LogP) is 4.72. The van der Waals surface area contributed by atoms with E-state index in [0.29, 0.717) is 41.7 Å². The van der Waals surface area contributed by atoms with Gasteiger partial charge < -0.3 is 14.6 Å². The molecule has 7 nitrogen and oxygen atoms in total. The first-order chi connectivity index (χ1) is 16.0. The van der Waals surface area contributed by atoms with Gasteiger partial charge >= 0.3 is 0 Å². The van der Waals surface area contributed by atoms with Gasteiger partial charge in [-0.1, -0.05) is 43.6 Å². The first kappa shape index (κ1) is 23.1. The fourth-order valence-corrected chi connectivity index (χ4v) is 4.45. The van der Waals surface area contributed by atoms with E-state index in [1.807, 2.05) is 42.7 Å². The van der Waals surface area contributed by atoms with Gasteiger partial charge in [0.25, 0.3) is 5.91 Å². The van der Waals surface area contributed by atoms with Crippen LogP contribution in [0.4, 0.5) is 0 Å². The standard InChI is InChI=1S/C25H27ClN4O3/c1-3-20(17-7-4-5-8-19(17)26)29-25(32)18-14-21(30-11-12-33-15-22(18)30)23(31)13-16(2)24-27-9-6-10-28-24/h4-10,14,16,20H,3,11-13,15H2,1-2H3,(H,29,32)/t16?,20-/m1/s1. The molecule has 1 N–H and O–H groups in total. The van der Waals surface area contributed by atoms with Crippen molar-refractivity contribution >= 4 is 23.3 Å². The highest BCUT2D eigenvalue weighted by Crippen LogP contribution is 2.28. The average molecular weight is 467 g/mol. The number of hydrogen-bond acceptors (Lipinski definition) is 5. The zero-order valence-corrected chi connectivity index (χ0v) is 19.5. The molecule has 172 valence electrons. The Morgan fingerprint density at radius 3 is 2.70 bits per heavy atom. The molecule has 2 aromatic heterocycles. The molecule has 0 fully saturated rings. The minimum atomic E-state index is -0.241. The summed E-state index contributed by atoms with van der Waals surface area (Å²) in [6.07, 6.45) is 4.28. The summed E-state index contributed by atoms with van der Waals surface area (Å²) in [7, 11) is 0. The lowest BCUT2D eigenvalue weighted by Gasteiger charge is -2.21. The SMILES string of the molecule is CC[C@@H](NC(=O)c1cc(C(=O)CC(C)c2ncccn2)n2c1COCC2)c1ccccc1Cl. The number of Topliss-reactive ketones (excluding diaryl/α,β-unsaturated/α-hetero) is 1. The van der Waals surface area contributed by atoms with E-state index >= 15 is 0 Å². The van der Waals surface area contributed by atoms with Crippen molar-refractivity contribution in [3.05, 3.63) is 82.2 Å². The number of ether oxygens (including phenoxy) is 1. The van der Waals surface area contributed by atoms with Crippen LogP contribution in [0.15, 0.2) is 48.8 Å². The van der Waals surface area contributed by atoms with Crippen LogP contribution in [0.3, 0.4) is 0 Å². The summed E-state index contributed by atoms with van der Waals surface area (Å²) in [5.74, 6) is 0.208. The number of carbonyl (C=O) groups excluding carboxylic acids is 2. The Balaban J connectivity index is 1.58. The van der Waals surface area contributed by atoms with Crippen molar-refractivity contribution in [2.45, 2.75) is 51.8 Å². The second kappa shape index (κ2) is 10.3. The Bertz CT molecular complexity index is 1150. The van der Waals surface area contributed by atoms with Gasteiger partial charge in [-0.3, -0.25) is 9.59 Å². The minimum absolute atomic E-state index is 0.0460. The summed E-state index contributed by atoms with van der Waals surface area (Å²) in [5.41, 5.74) is 2.58. The summed E-state index contributed by atoms with van der Waals surface area (Å²) in [6, 6.07) is 10.7. The summed E-state index contributed by atoms with van der Waals surface area (Å²) < 4.78 is 7.52. The molecule has 33 heavy (non-hydrogen) atoms. The van der Waals surface area contributed by atoms with E-state index in [-0.39, 0.29) is 36.7 Å². The van der Waals surface area contributed by atoms with Gasteiger partial charge in [0, 0.05) is 36.3 Å². The third-order valence-corrected chi connectivity index (χ3v) is 6.29. The van der Waals surface area contributed by atoms with Crippen molar-refractivity contribution in [1.82, 2.24) is 19.9 Å². The van der Waals surface area contributed by atoms with Crippen LogP contribution in [0.5, 0.6) is 0 Å². The van der Waals surface area contributed by atoms with E-state index in [4.69, 9.17) is 16.3 Å². The van der Waals surface area contributed by atoms with Crippen LogP contribution in [-0.2, 0) is 17.9 Å². The number of carbonyl (C=O) groups is 2. The smallest absolute Gasteiger partial charge is 0.253 e. The highest BCUT2D eigenvalue weighted by atomic mass is 35.5. The van der Waals surface area contributed by atoms with Crippen LogP contribution in [0.25, 0.3) is 0 Å². The van der Waals surface area contributed by atoms with Gasteiger partial charge in [-0.2, -0.15) is 0 Å². The highest BCUT2D eigenvalue weighted by molar-refractivity contribution is 6.31. The summed E-state index contributed by atoms with van der Waals surface area (Å²) in [4.78, 5) is 35.0. The van der Waals surface area contributed by atoms with Crippen LogP contribution >= 0.6 is 11.6 Å². The van der Waals surface area contributed by atoms with Crippen LogP contribution in [0, 0.1) is 0 Å². The molecule has 1 aromatic carbocycles. The highest BCUT2D eigenvalue weighted by Gasteiger charge is 2.28. The Kier molecular flexibility index (Phi) is 7.20. The van der Waals surface area contributed by atoms with Gasteiger partial charge in [-0.25, -0.2) is 9.97 Å². The number of rotatable bonds is 8. The molecule has 4 rings (SSSR count). The zero-order chi connectivity index (χ0) is 23.4. The fraction of sp³-hybridized carbons (Fsp3) is 0.360. The Labute approximate surface area is 198 Å². The summed E-state index contributed by atoms with van der Waals surface area (Å²) in [5, 5.41) is 3.70. The van der Waals surface area contributed by atoms with Crippen LogP contribution in [0.1, 0.15) is 76.6 Å². The second-order valence-corrected chi connectivity index (χ2v) is 8.59. The summed E-state index contributed by atoms with van der Waals surface area (Å²) >= 11 is 6.36. The molecule has 0 bridgehead atoms. The number of nitrogens with zero attached hydrogens (tertiary/aromatic N) is 3. The number of benzene rings is 1. The molecule has 0 saturated heterocycles. The molecule has 1 aliphatic rings. The molecule has 0 radical (unpaired) electrons.